The second kappa shape index (κ2) is 4.71. The van der Waals surface area contributed by atoms with Gasteiger partial charge in [0.2, 0.25) is 5.91 Å². The minimum absolute atomic E-state index is 0.284. The number of hydrogen-bond acceptors (Lipinski definition) is 2. The zero-order valence-electron chi connectivity index (χ0n) is 11.1. The van der Waals surface area contributed by atoms with Crippen LogP contribution in [0.5, 0.6) is 5.75 Å². The Kier molecular flexibility index (Phi) is 3.17. The van der Waals surface area contributed by atoms with Crippen molar-refractivity contribution in [3.63, 3.8) is 0 Å². The lowest BCUT2D eigenvalue weighted by Crippen LogP contribution is -2.32. The van der Waals surface area contributed by atoms with E-state index in [1.807, 2.05) is 25.2 Å². The molecule has 0 saturated heterocycles. The van der Waals surface area contributed by atoms with E-state index in [1.165, 1.54) is 12.8 Å². The number of nitrogens with zero attached hydrogens (tertiary/aromatic N) is 1. The Morgan fingerprint density at radius 2 is 2.32 bits per heavy atom. The maximum atomic E-state index is 12.1. The molecule has 3 rings (SSSR count). The summed E-state index contributed by atoms with van der Waals surface area (Å²) in [5, 5.41) is 0.663. The van der Waals surface area contributed by atoms with E-state index < -0.39 is 0 Å². The number of carbonyl (C=O) groups excluding carboxylic acids is 1. The van der Waals surface area contributed by atoms with Crippen molar-refractivity contribution in [3.05, 3.63) is 29.3 Å². The molecule has 0 aromatic heterocycles. The van der Waals surface area contributed by atoms with Crippen LogP contribution in [0.1, 0.15) is 19.3 Å². The van der Waals surface area contributed by atoms with E-state index in [0.717, 1.165) is 12.2 Å². The van der Waals surface area contributed by atoms with Gasteiger partial charge in [-0.2, -0.15) is 0 Å². The quantitative estimate of drug-likeness (QED) is 0.829. The van der Waals surface area contributed by atoms with E-state index in [0.29, 0.717) is 29.5 Å². The third-order valence-electron chi connectivity index (χ3n) is 4.25. The van der Waals surface area contributed by atoms with Crippen molar-refractivity contribution in [3.8, 4) is 5.75 Å². The van der Waals surface area contributed by atoms with E-state index in [-0.39, 0.29) is 5.91 Å². The molecule has 2 saturated carbocycles. The molecular weight excluding hydrogens is 262 g/mol. The van der Waals surface area contributed by atoms with Gasteiger partial charge in [0.15, 0.2) is 0 Å². The molecule has 1 atom stereocenters. The van der Waals surface area contributed by atoms with Gasteiger partial charge in [0, 0.05) is 18.0 Å². The first-order valence-corrected chi connectivity index (χ1v) is 7.12. The van der Waals surface area contributed by atoms with E-state index in [2.05, 4.69) is 0 Å². The molecule has 0 bridgehead atoms. The number of likely N-dealkylation sites (N-methyl/N-ethyl adjacent to an activating group) is 1. The summed E-state index contributed by atoms with van der Waals surface area (Å²) in [6, 6.07) is 7.32. The number of hydrogen-bond donors (Lipinski definition) is 0. The van der Waals surface area contributed by atoms with Gasteiger partial charge in [0.05, 0.1) is 6.54 Å². The van der Waals surface area contributed by atoms with Crippen LogP contribution in [0.3, 0.4) is 0 Å². The van der Waals surface area contributed by atoms with Crippen LogP contribution >= 0.6 is 11.6 Å². The van der Waals surface area contributed by atoms with Gasteiger partial charge in [-0.1, -0.05) is 17.7 Å². The van der Waals surface area contributed by atoms with Crippen molar-refractivity contribution >= 4 is 17.5 Å². The summed E-state index contributed by atoms with van der Waals surface area (Å²) in [6.07, 6.45) is 3.60. The monoisotopic (exact) mass is 279 g/mol. The van der Waals surface area contributed by atoms with Crippen molar-refractivity contribution in [2.75, 3.05) is 20.2 Å². The van der Waals surface area contributed by atoms with Gasteiger partial charge in [0.1, 0.15) is 12.4 Å². The molecule has 1 aromatic rings. The lowest BCUT2D eigenvalue weighted by molar-refractivity contribution is -0.132. The van der Waals surface area contributed by atoms with Crippen LogP contribution in [0.4, 0.5) is 0 Å². The molecule has 2 aliphatic carbocycles. The molecule has 0 heterocycles. The zero-order valence-corrected chi connectivity index (χ0v) is 11.8. The highest BCUT2D eigenvalue weighted by atomic mass is 35.5. The lowest BCUT2D eigenvalue weighted by Gasteiger charge is -2.17. The summed E-state index contributed by atoms with van der Waals surface area (Å²) < 4.78 is 5.60. The summed E-state index contributed by atoms with van der Waals surface area (Å²) in [7, 11) is 1.86. The fraction of sp³-hybridized carbons (Fsp3) is 0.533. The van der Waals surface area contributed by atoms with Crippen LogP contribution in [0, 0.1) is 11.3 Å². The van der Waals surface area contributed by atoms with Crippen LogP contribution in [-0.2, 0) is 4.79 Å². The Morgan fingerprint density at radius 3 is 2.95 bits per heavy atom. The summed E-state index contributed by atoms with van der Waals surface area (Å²) in [5.41, 5.74) is 0.430. The molecule has 102 valence electrons. The molecule has 3 nitrogen and oxygen atoms in total. The van der Waals surface area contributed by atoms with Crippen molar-refractivity contribution in [1.29, 1.82) is 0 Å². The molecule has 1 spiro atoms. The second-order valence-electron chi connectivity index (χ2n) is 5.68. The Morgan fingerprint density at radius 1 is 1.53 bits per heavy atom. The SMILES string of the molecule is CN(CCOc1cccc(Cl)c1)C(=O)[C@H]1CC12CC2. The average molecular weight is 280 g/mol. The Bertz CT molecular complexity index is 499. The van der Waals surface area contributed by atoms with E-state index in [9.17, 15) is 4.79 Å². The minimum Gasteiger partial charge on any atom is -0.492 e. The fourth-order valence-corrected chi connectivity index (χ4v) is 2.82. The predicted molar refractivity (Wildman–Crippen MR) is 74.4 cm³/mol. The third kappa shape index (κ3) is 2.71. The topological polar surface area (TPSA) is 29.5 Å². The first-order chi connectivity index (χ1) is 9.11. The number of ether oxygens (including phenoxy) is 1. The number of carbonyl (C=O) groups is 1. The molecule has 0 unspecified atom stereocenters. The van der Waals surface area contributed by atoms with Crippen LogP contribution < -0.4 is 4.74 Å². The number of halogens is 1. The van der Waals surface area contributed by atoms with Crippen molar-refractivity contribution in [1.82, 2.24) is 4.90 Å². The smallest absolute Gasteiger partial charge is 0.226 e. The van der Waals surface area contributed by atoms with E-state index in [4.69, 9.17) is 16.3 Å². The second-order valence-corrected chi connectivity index (χ2v) is 6.12. The van der Waals surface area contributed by atoms with Crippen molar-refractivity contribution in [2.24, 2.45) is 11.3 Å². The molecule has 0 N–H and O–H groups in total. The predicted octanol–water partition coefficient (Wildman–Crippen LogP) is 2.98. The molecule has 4 heteroatoms. The molecule has 0 radical (unpaired) electrons. The first-order valence-electron chi connectivity index (χ1n) is 6.74. The summed E-state index contributed by atoms with van der Waals surface area (Å²) in [5.74, 6) is 1.33. The van der Waals surface area contributed by atoms with Crippen LogP contribution in [0.25, 0.3) is 0 Å². The van der Waals surface area contributed by atoms with Gasteiger partial charge < -0.3 is 9.64 Å². The molecule has 1 aromatic carbocycles. The Labute approximate surface area is 118 Å². The van der Waals surface area contributed by atoms with Crippen LogP contribution in [0.15, 0.2) is 24.3 Å². The number of amides is 1. The van der Waals surface area contributed by atoms with Gasteiger partial charge in [0.25, 0.3) is 0 Å². The summed E-state index contributed by atoms with van der Waals surface area (Å²) in [4.78, 5) is 13.9. The minimum atomic E-state index is 0.284. The first kappa shape index (κ1) is 12.8. The summed E-state index contributed by atoms with van der Waals surface area (Å²) in [6.45, 7) is 1.13. The highest BCUT2D eigenvalue weighted by molar-refractivity contribution is 6.30. The molecule has 0 aliphatic heterocycles. The molecular formula is C15H18ClNO2. The summed E-state index contributed by atoms with van der Waals surface area (Å²) >= 11 is 5.88. The molecule has 2 fully saturated rings. The van der Waals surface area contributed by atoms with E-state index >= 15 is 0 Å². The van der Waals surface area contributed by atoms with Gasteiger partial charge >= 0.3 is 0 Å². The maximum absolute atomic E-state index is 12.1. The number of benzene rings is 1. The highest BCUT2D eigenvalue weighted by Gasteiger charge is 2.66. The Balaban J connectivity index is 1.43. The largest absolute Gasteiger partial charge is 0.492 e. The normalized spacial score (nSPS) is 22.1. The number of rotatable bonds is 5. The van der Waals surface area contributed by atoms with Gasteiger partial charge in [-0.05, 0) is 42.9 Å². The van der Waals surface area contributed by atoms with Crippen molar-refractivity contribution in [2.45, 2.75) is 19.3 Å². The molecule has 2 aliphatic rings. The maximum Gasteiger partial charge on any atom is 0.226 e. The Hall–Kier alpha value is -1.22. The van der Waals surface area contributed by atoms with Crippen LogP contribution in [-0.4, -0.2) is 31.0 Å². The van der Waals surface area contributed by atoms with Gasteiger partial charge in [-0.15, -0.1) is 0 Å². The van der Waals surface area contributed by atoms with Gasteiger partial charge in [-0.25, -0.2) is 0 Å². The lowest BCUT2D eigenvalue weighted by atomic mass is 10.2. The average Bonchev–Trinajstić information content (AvgIpc) is 3.29. The fourth-order valence-electron chi connectivity index (χ4n) is 2.64. The van der Waals surface area contributed by atoms with Crippen LogP contribution in [0.2, 0.25) is 5.02 Å². The zero-order chi connectivity index (χ0) is 13.5. The molecule has 19 heavy (non-hydrogen) atoms. The standard InChI is InChI=1S/C15H18ClNO2/c1-17(14(18)13-10-15(13)5-6-15)7-8-19-12-4-2-3-11(16)9-12/h2-4,9,13H,5-8,10H2,1H3/t13-/m1/s1. The molecule has 1 amide bonds. The third-order valence-corrected chi connectivity index (χ3v) is 4.48. The highest BCUT2D eigenvalue weighted by Crippen LogP contribution is 2.70. The van der Waals surface area contributed by atoms with E-state index in [1.54, 1.807) is 11.0 Å². The van der Waals surface area contributed by atoms with Gasteiger partial charge in [-0.3, -0.25) is 4.79 Å². The van der Waals surface area contributed by atoms with Crippen molar-refractivity contribution < 1.29 is 9.53 Å².